The highest BCUT2D eigenvalue weighted by Crippen LogP contribution is 2.52. The van der Waals surface area contributed by atoms with Crippen molar-refractivity contribution in [2.75, 3.05) is 38.9 Å². The Morgan fingerprint density at radius 2 is 0.803 bits per heavy atom. The lowest BCUT2D eigenvalue weighted by molar-refractivity contribution is -0.172. The second-order valence-corrected chi connectivity index (χ2v) is 18.6. The maximum atomic E-state index is 13.8. The lowest BCUT2D eigenvalue weighted by Gasteiger charge is -2.47. The second kappa shape index (κ2) is 31.6. The van der Waals surface area contributed by atoms with E-state index in [9.17, 15) is 29.4 Å². The molecule has 0 heterocycles. The summed E-state index contributed by atoms with van der Waals surface area (Å²) in [6.07, 6.45) is 24.7. The molecule has 0 unspecified atom stereocenters. The minimum absolute atomic E-state index is 0.177. The molecule has 12 heteroatoms. The molecular weight excluding hydrogens is 897 g/mol. The van der Waals surface area contributed by atoms with Crippen LogP contribution in [0.15, 0.2) is 109 Å². The van der Waals surface area contributed by atoms with Crippen molar-refractivity contribution in [2.24, 2.45) is 5.41 Å². The summed E-state index contributed by atoms with van der Waals surface area (Å²) in [5, 5.41) is 22.5. The molecule has 0 bridgehead atoms. The van der Waals surface area contributed by atoms with Crippen molar-refractivity contribution in [3.63, 3.8) is 0 Å². The van der Waals surface area contributed by atoms with Crippen LogP contribution in [0.2, 0.25) is 0 Å². The Labute approximate surface area is 421 Å². The first-order valence-electron chi connectivity index (χ1n) is 25.6. The highest BCUT2D eigenvalue weighted by molar-refractivity contribution is 6.01. The van der Waals surface area contributed by atoms with E-state index in [1.807, 2.05) is 60.7 Å². The van der Waals surface area contributed by atoms with Crippen molar-refractivity contribution < 1.29 is 48.3 Å². The van der Waals surface area contributed by atoms with Crippen molar-refractivity contribution in [3.8, 4) is 11.5 Å². The number of carboxylic acid groups (broad SMARTS) is 2. The molecule has 4 aromatic rings. The first kappa shape index (κ1) is 57.0. The molecule has 0 atom stereocenters. The number of esters is 2. The monoisotopic (exact) mass is 975 g/mol. The third-order valence-electron chi connectivity index (χ3n) is 13.5. The number of hydrogen-bond acceptors (Lipinski definition) is 10. The molecule has 0 radical (unpaired) electrons. The molecule has 384 valence electrons. The minimum atomic E-state index is -2.15. The number of methoxy groups -OCH3 is 2. The minimum Gasteiger partial charge on any atom is -0.494 e. The van der Waals surface area contributed by atoms with Crippen LogP contribution in [0, 0.1) is 5.41 Å². The van der Waals surface area contributed by atoms with Gasteiger partial charge in [0.25, 0.3) is 0 Å². The number of carboxylic acids is 2. The van der Waals surface area contributed by atoms with Crippen LogP contribution < -0.4 is 20.9 Å². The summed E-state index contributed by atoms with van der Waals surface area (Å²) in [7, 11) is 2.70. The average Bonchev–Trinajstić information content (AvgIpc) is 3.37. The molecule has 0 aromatic heterocycles. The van der Waals surface area contributed by atoms with E-state index in [4.69, 9.17) is 20.9 Å². The molecule has 0 fully saturated rings. The molecule has 0 aliphatic carbocycles. The van der Waals surface area contributed by atoms with E-state index in [1.54, 1.807) is 48.6 Å². The number of anilines is 2. The van der Waals surface area contributed by atoms with Gasteiger partial charge in [0.05, 0.1) is 27.4 Å². The third-order valence-corrected chi connectivity index (χ3v) is 13.5. The van der Waals surface area contributed by atoms with Gasteiger partial charge in [0.2, 0.25) is 0 Å². The quantitative estimate of drug-likeness (QED) is 0.0111. The molecule has 0 spiro atoms. The maximum absolute atomic E-state index is 13.8. The maximum Gasteiger partial charge on any atom is 0.330 e. The van der Waals surface area contributed by atoms with Gasteiger partial charge in [-0.2, -0.15) is 0 Å². The average molecular weight is 975 g/mol. The molecule has 4 aromatic carbocycles. The fourth-order valence-corrected chi connectivity index (χ4v) is 9.38. The van der Waals surface area contributed by atoms with Crippen LogP contribution in [0.1, 0.15) is 151 Å². The lowest BCUT2D eigenvalue weighted by atomic mass is 9.53. The summed E-state index contributed by atoms with van der Waals surface area (Å²) in [4.78, 5) is 50.3. The Bertz CT molecular complexity index is 2130. The van der Waals surface area contributed by atoms with Crippen LogP contribution in [0.5, 0.6) is 11.5 Å². The van der Waals surface area contributed by atoms with Crippen LogP contribution in [0.25, 0.3) is 12.2 Å². The first-order valence-corrected chi connectivity index (χ1v) is 25.6. The summed E-state index contributed by atoms with van der Waals surface area (Å²) >= 11 is 0. The number of carbonyl (C=O) groups is 4. The van der Waals surface area contributed by atoms with Crippen molar-refractivity contribution in [1.82, 2.24) is 0 Å². The predicted octanol–water partition coefficient (Wildman–Crippen LogP) is 12.8. The highest BCUT2D eigenvalue weighted by Gasteiger charge is 2.62. The SMILES string of the molecule is COC(=O)C=Cc1ccc(OCCCCCCCCCCCC(CCCCCCCCCCCOc2ccc(C=CC(=O)OC)cc2)(c2ccc(N)cc2)C(Cc2ccc(N)cc2)(C(=O)O)C(=O)O)cc1. The van der Waals surface area contributed by atoms with Crippen LogP contribution in [0.3, 0.4) is 0 Å². The van der Waals surface area contributed by atoms with Gasteiger partial charge in [0, 0.05) is 35.4 Å². The fraction of sp³-hybridized carbons (Fsp3) is 0.458. The van der Waals surface area contributed by atoms with Crippen LogP contribution in [-0.2, 0) is 40.5 Å². The zero-order chi connectivity index (χ0) is 51.2. The number of unbranched alkanes of at least 4 members (excludes halogenated alkanes) is 16. The van der Waals surface area contributed by atoms with E-state index in [-0.39, 0.29) is 6.42 Å². The van der Waals surface area contributed by atoms with Crippen molar-refractivity contribution in [2.45, 2.75) is 140 Å². The Morgan fingerprint density at radius 3 is 1.15 bits per heavy atom. The molecule has 0 saturated carbocycles. The smallest absolute Gasteiger partial charge is 0.330 e. The summed E-state index contributed by atoms with van der Waals surface area (Å²) in [6.45, 7) is 1.27. The predicted molar refractivity (Wildman–Crippen MR) is 283 cm³/mol. The molecule has 4 rings (SSSR count). The van der Waals surface area contributed by atoms with Crippen molar-refractivity contribution >= 4 is 47.4 Å². The van der Waals surface area contributed by atoms with E-state index in [1.165, 1.54) is 26.4 Å². The summed E-state index contributed by atoms with van der Waals surface area (Å²) < 4.78 is 21.1. The Kier molecular flexibility index (Phi) is 25.4. The highest BCUT2D eigenvalue weighted by atomic mass is 16.5. The van der Waals surface area contributed by atoms with Gasteiger partial charge in [-0.25, -0.2) is 9.59 Å². The second-order valence-electron chi connectivity index (χ2n) is 18.6. The zero-order valence-electron chi connectivity index (χ0n) is 42.1. The van der Waals surface area contributed by atoms with Crippen LogP contribution in [-0.4, -0.2) is 61.5 Å². The number of carbonyl (C=O) groups excluding carboxylic acids is 2. The molecule has 0 saturated heterocycles. The Hall–Kier alpha value is -6.56. The van der Waals surface area contributed by atoms with E-state index >= 15 is 0 Å². The van der Waals surface area contributed by atoms with E-state index in [2.05, 4.69) is 9.47 Å². The molecule has 12 nitrogen and oxygen atoms in total. The Balaban J connectivity index is 1.27. The molecule has 0 aliphatic heterocycles. The standard InChI is InChI=1S/C59H78N2O10/c1-68-54(62)39-27-46-23-35-52(36-24-46)70-43-19-15-11-7-3-5-9-13-17-41-58(49-29-33-51(61)34-30-49,59(56(64)65,57(66)67)45-48-21-31-50(60)32-22-48)42-18-14-10-6-4-8-12-16-20-44-71-53-37-25-47(26-38-53)28-40-55(63)69-2/h21-40H,3-20,41-45,60-61H2,1-2H3,(H,64,65)(H,66,67). The van der Waals surface area contributed by atoms with E-state index in [0.717, 1.165) is 125 Å². The first-order chi connectivity index (χ1) is 34.4. The largest absolute Gasteiger partial charge is 0.494 e. The van der Waals surface area contributed by atoms with Gasteiger partial charge in [-0.1, -0.05) is 151 Å². The fourth-order valence-electron chi connectivity index (χ4n) is 9.38. The van der Waals surface area contributed by atoms with Crippen LogP contribution >= 0.6 is 0 Å². The van der Waals surface area contributed by atoms with Gasteiger partial charge in [-0.3, -0.25) is 9.59 Å². The molecular formula is C59H78N2O10. The number of hydrogen-bond donors (Lipinski definition) is 4. The van der Waals surface area contributed by atoms with Gasteiger partial charge < -0.3 is 40.6 Å². The number of aliphatic carboxylic acids is 2. The van der Waals surface area contributed by atoms with E-state index < -0.39 is 34.7 Å². The summed E-state index contributed by atoms with van der Waals surface area (Å²) in [5.41, 5.74) is 13.0. The Morgan fingerprint density at radius 1 is 0.465 bits per heavy atom. The van der Waals surface area contributed by atoms with Gasteiger partial charge in [-0.05, 0) is 109 Å². The van der Waals surface area contributed by atoms with Crippen LogP contribution in [0.4, 0.5) is 11.4 Å². The van der Waals surface area contributed by atoms with Gasteiger partial charge in [-0.15, -0.1) is 0 Å². The van der Waals surface area contributed by atoms with Gasteiger partial charge in [0.1, 0.15) is 11.5 Å². The summed E-state index contributed by atoms with van der Waals surface area (Å²) in [5.74, 6) is -1.87. The lowest BCUT2D eigenvalue weighted by Crippen LogP contribution is -2.57. The number of nitrogen functional groups attached to an aromatic ring is 2. The number of nitrogens with two attached hydrogens (primary N) is 2. The molecule has 0 aliphatic rings. The van der Waals surface area contributed by atoms with Gasteiger partial charge >= 0.3 is 23.9 Å². The number of rotatable bonds is 36. The normalized spacial score (nSPS) is 12.4. The van der Waals surface area contributed by atoms with Crippen molar-refractivity contribution in [1.29, 1.82) is 0 Å². The molecule has 71 heavy (non-hydrogen) atoms. The number of ether oxygens (including phenoxy) is 4. The zero-order valence-corrected chi connectivity index (χ0v) is 42.1. The summed E-state index contributed by atoms with van der Waals surface area (Å²) in [6, 6.07) is 29.3. The third kappa shape index (κ3) is 19.3. The topological polar surface area (TPSA) is 198 Å². The van der Waals surface area contributed by atoms with Gasteiger partial charge in [0.15, 0.2) is 5.41 Å². The molecule has 6 N–H and O–H groups in total. The molecule has 0 amide bonds. The number of benzene rings is 4. The van der Waals surface area contributed by atoms with E-state index in [0.29, 0.717) is 61.4 Å². The van der Waals surface area contributed by atoms with Crippen molar-refractivity contribution in [3.05, 3.63) is 131 Å².